The van der Waals surface area contributed by atoms with Crippen molar-refractivity contribution < 1.29 is 32.9 Å². The average molecular weight is 686 g/mol. The lowest BCUT2D eigenvalue weighted by molar-refractivity contribution is -0.139. The monoisotopic (exact) mass is 684 g/mol. The summed E-state index contributed by atoms with van der Waals surface area (Å²) in [5, 5.41) is 10.5. The lowest BCUT2D eigenvalue weighted by Crippen LogP contribution is -2.45. The molecule has 44 heavy (non-hydrogen) atoms. The zero-order chi connectivity index (χ0) is 31.6. The fourth-order valence-corrected chi connectivity index (χ4v) is 5.06. The van der Waals surface area contributed by atoms with Crippen molar-refractivity contribution in [3.63, 3.8) is 0 Å². The highest BCUT2D eigenvalue weighted by Gasteiger charge is 2.32. The molecule has 0 unspecified atom stereocenters. The van der Waals surface area contributed by atoms with Crippen molar-refractivity contribution in [1.82, 2.24) is 16.1 Å². The summed E-state index contributed by atoms with van der Waals surface area (Å²) in [4.78, 5) is 25.5. The van der Waals surface area contributed by atoms with E-state index in [4.69, 9.17) is 31.2 Å². The Labute approximate surface area is 267 Å². The van der Waals surface area contributed by atoms with Crippen LogP contribution in [0.2, 0.25) is 0 Å². The maximum atomic E-state index is 13.3. The second kappa shape index (κ2) is 15.3. The van der Waals surface area contributed by atoms with Crippen molar-refractivity contribution in [3.05, 3.63) is 98.9 Å². The molecule has 0 saturated heterocycles. The molecule has 230 valence electrons. The number of hydrogen-bond acceptors (Lipinski definition) is 8. The van der Waals surface area contributed by atoms with Crippen LogP contribution < -0.4 is 30.3 Å². The van der Waals surface area contributed by atoms with Crippen LogP contribution in [0.5, 0.6) is 17.2 Å². The highest BCUT2D eigenvalue weighted by Crippen LogP contribution is 2.35. The molecule has 3 aromatic carbocycles. The molecule has 0 spiro atoms. The van der Waals surface area contributed by atoms with E-state index in [0.29, 0.717) is 49.2 Å². The molecule has 3 N–H and O–H groups in total. The van der Waals surface area contributed by atoms with Crippen LogP contribution >= 0.6 is 28.1 Å². The summed E-state index contributed by atoms with van der Waals surface area (Å²) in [5.74, 6) is -0.173. The standard InChI is InChI=1S/C31H30BrFN4O6S/c1-4-41-30(39)27-18(2)35-31(44)36-28(27)23-7-5-6-8-24(23)42-17-26(38)37-34-15-20-13-21(32)14-25(40-3)29(20)43-16-19-9-11-22(33)12-10-19/h5-15,28H,4,16-17H2,1-3H3,(H,37,38)(H2,35,36,44)/t28-/m1/s1. The van der Waals surface area contributed by atoms with E-state index in [1.54, 1.807) is 62.4 Å². The van der Waals surface area contributed by atoms with E-state index in [9.17, 15) is 14.0 Å². The van der Waals surface area contributed by atoms with E-state index in [1.165, 1.54) is 25.5 Å². The van der Waals surface area contributed by atoms with Crippen LogP contribution in [0.3, 0.4) is 0 Å². The predicted molar refractivity (Wildman–Crippen MR) is 170 cm³/mol. The Morgan fingerprint density at radius 2 is 1.86 bits per heavy atom. The van der Waals surface area contributed by atoms with Gasteiger partial charge in [0.25, 0.3) is 5.91 Å². The minimum atomic E-state index is -0.653. The zero-order valence-electron chi connectivity index (χ0n) is 24.1. The molecule has 1 amide bonds. The topological polar surface area (TPSA) is 120 Å². The largest absolute Gasteiger partial charge is 0.493 e. The van der Waals surface area contributed by atoms with Crippen LogP contribution in [0.4, 0.5) is 4.39 Å². The smallest absolute Gasteiger partial charge is 0.338 e. The van der Waals surface area contributed by atoms with Crippen LogP contribution in [0.25, 0.3) is 0 Å². The van der Waals surface area contributed by atoms with Crippen LogP contribution in [0.1, 0.15) is 36.6 Å². The molecular weight excluding hydrogens is 655 g/mol. The number of thiocarbonyl (C=S) groups is 1. The Morgan fingerprint density at radius 3 is 2.59 bits per heavy atom. The molecule has 1 atom stereocenters. The molecule has 0 bridgehead atoms. The zero-order valence-corrected chi connectivity index (χ0v) is 26.5. The molecule has 1 heterocycles. The Morgan fingerprint density at radius 1 is 1.11 bits per heavy atom. The number of esters is 1. The second-order valence-electron chi connectivity index (χ2n) is 9.35. The average Bonchev–Trinajstić information content (AvgIpc) is 3.00. The molecule has 0 radical (unpaired) electrons. The van der Waals surface area contributed by atoms with Crippen LogP contribution in [-0.2, 0) is 20.9 Å². The van der Waals surface area contributed by atoms with Crippen LogP contribution in [-0.4, -0.2) is 43.5 Å². The first-order chi connectivity index (χ1) is 21.2. The summed E-state index contributed by atoms with van der Waals surface area (Å²) in [5.41, 5.74) is 5.23. The Balaban J connectivity index is 1.45. The Hall–Kier alpha value is -4.49. The number of para-hydroxylation sites is 1. The van der Waals surface area contributed by atoms with E-state index >= 15 is 0 Å². The molecule has 1 aliphatic heterocycles. The van der Waals surface area contributed by atoms with Gasteiger partial charge >= 0.3 is 5.97 Å². The van der Waals surface area contributed by atoms with Gasteiger partial charge in [-0.25, -0.2) is 14.6 Å². The highest BCUT2D eigenvalue weighted by atomic mass is 79.9. The van der Waals surface area contributed by atoms with Gasteiger partial charge in [0.2, 0.25) is 0 Å². The van der Waals surface area contributed by atoms with Gasteiger partial charge in [-0.3, -0.25) is 4.79 Å². The van der Waals surface area contributed by atoms with Crippen molar-refractivity contribution in [2.24, 2.45) is 5.10 Å². The fourth-order valence-electron chi connectivity index (χ4n) is 4.33. The molecule has 4 rings (SSSR count). The lowest BCUT2D eigenvalue weighted by Gasteiger charge is -2.30. The van der Waals surface area contributed by atoms with Crippen molar-refractivity contribution in [3.8, 4) is 17.2 Å². The summed E-state index contributed by atoms with van der Waals surface area (Å²) in [6.45, 7) is 3.46. The third kappa shape index (κ3) is 8.32. The van der Waals surface area contributed by atoms with Gasteiger partial charge in [-0.2, -0.15) is 5.10 Å². The number of methoxy groups -OCH3 is 1. The maximum Gasteiger partial charge on any atom is 0.338 e. The van der Waals surface area contributed by atoms with E-state index in [-0.39, 0.29) is 25.6 Å². The minimum absolute atomic E-state index is 0.155. The first kappa shape index (κ1) is 32.4. The number of nitrogens with one attached hydrogen (secondary N) is 3. The Kier molecular flexibility index (Phi) is 11.3. The molecule has 0 aliphatic carbocycles. The van der Waals surface area contributed by atoms with Crippen molar-refractivity contribution >= 4 is 51.4 Å². The number of benzene rings is 3. The van der Waals surface area contributed by atoms with E-state index in [1.807, 2.05) is 0 Å². The second-order valence-corrected chi connectivity index (χ2v) is 10.7. The molecule has 0 aromatic heterocycles. The fraction of sp³-hybridized carbons (Fsp3) is 0.226. The number of allylic oxidation sites excluding steroid dienone is 1. The molecular formula is C31H30BrFN4O6S. The molecule has 13 heteroatoms. The summed E-state index contributed by atoms with van der Waals surface area (Å²) in [7, 11) is 1.50. The van der Waals surface area contributed by atoms with Crippen LogP contribution in [0, 0.1) is 5.82 Å². The summed E-state index contributed by atoms with van der Waals surface area (Å²) in [6.07, 6.45) is 1.41. The first-order valence-corrected chi connectivity index (χ1v) is 14.6. The minimum Gasteiger partial charge on any atom is -0.493 e. The summed E-state index contributed by atoms with van der Waals surface area (Å²) < 4.78 is 36.5. The highest BCUT2D eigenvalue weighted by molar-refractivity contribution is 9.10. The normalized spacial score (nSPS) is 14.5. The van der Waals surface area contributed by atoms with Gasteiger partial charge in [0.05, 0.1) is 31.5 Å². The number of halogens is 2. The number of nitrogens with zero attached hydrogens (tertiary/aromatic N) is 1. The SMILES string of the molecule is CCOC(=O)C1=C(C)NC(=S)N[C@@H]1c1ccccc1OCC(=O)NN=Cc1cc(Br)cc(OC)c1OCc1ccc(F)cc1. The van der Waals surface area contributed by atoms with Gasteiger partial charge in [0, 0.05) is 21.3 Å². The van der Waals surface area contributed by atoms with Gasteiger partial charge in [0.15, 0.2) is 23.2 Å². The molecule has 10 nitrogen and oxygen atoms in total. The maximum absolute atomic E-state index is 13.3. The third-order valence-electron chi connectivity index (χ3n) is 6.31. The number of hydrogen-bond donors (Lipinski definition) is 3. The quantitative estimate of drug-likeness (QED) is 0.104. The number of carbonyl (C=O) groups is 2. The third-order valence-corrected chi connectivity index (χ3v) is 6.99. The molecule has 3 aromatic rings. The van der Waals surface area contributed by atoms with Crippen molar-refractivity contribution in [2.75, 3.05) is 20.3 Å². The number of hydrazone groups is 1. The number of amides is 1. The van der Waals surface area contributed by atoms with E-state index < -0.39 is 17.9 Å². The lowest BCUT2D eigenvalue weighted by atomic mass is 9.95. The van der Waals surface area contributed by atoms with Crippen molar-refractivity contribution in [1.29, 1.82) is 0 Å². The van der Waals surface area contributed by atoms with Crippen molar-refractivity contribution in [2.45, 2.75) is 26.5 Å². The predicted octanol–water partition coefficient (Wildman–Crippen LogP) is 5.06. The van der Waals surface area contributed by atoms with Gasteiger partial charge in [-0.1, -0.05) is 46.3 Å². The number of carbonyl (C=O) groups excluding carboxylic acids is 2. The summed E-state index contributed by atoms with van der Waals surface area (Å²) >= 11 is 8.75. The van der Waals surface area contributed by atoms with Gasteiger partial charge in [0.1, 0.15) is 18.2 Å². The van der Waals surface area contributed by atoms with Gasteiger partial charge < -0.3 is 29.6 Å². The molecule has 0 saturated carbocycles. The van der Waals surface area contributed by atoms with Gasteiger partial charge in [-0.05, 0) is 62.0 Å². The van der Waals surface area contributed by atoms with Crippen LogP contribution in [0.15, 0.2) is 81.5 Å². The summed E-state index contributed by atoms with van der Waals surface area (Å²) in [6, 6.07) is 15.8. The number of ether oxygens (including phenoxy) is 4. The molecule has 0 fully saturated rings. The molecule has 1 aliphatic rings. The van der Waals surface area contributed by atoms with Gasteiger partial charge in [-0.15, -0.1) is 0 Å². The van der Waals surface area contributed by atoms with E-state index in [0.717, 1.165) is 5.56 Å². The van der Waals surface area contributed by atoms with E-state index in [2.05, 4.69) is 37.1 Å². The number of rotatable bonds is 12. The first-order valence-electron chi connectivity index (χ1n) is 13.4. The Bertz CT molecular complexity index is 1600.